The van der Waals surface area contributed by atoms with Crippen LogP contribution in [0, 0.1) is 0 Å². The van der Waals surface area contributed by atoms with E-state index in [0.717, 1.165) is 36.1 Å². The molecule has 0 aliphatic carbocycles. The van der Waals surface area contributed by atoms with Gasteiger partial charge in [-0.3, -0.25) is 0 Å². The highest BCUT2D eigenvalue weighted by molar-refractivity contribution is 6.30. The van der Waals surface area contributed by atoms with Crippen molar-refractivity contribution in [3.8, 4) is 0 Å². The SMILES string of the molecule is CCCCC1=CC(c2ccc(Cl)cc2)N(C(=O)OCc2ccccc2)O1. The van der Waals surface area contributed by atoms with E-state index in [2.05, 4.69) is 6.92 Å². The maximum atomic E-state index is 12.6. The second-order valence-corrected chi connectivity index (χ2v) is 6.63. The molecule has 2 aromatic rings. The van der Waals surface area contributed by atoms with Crippen LogP contribution >= 0.6 is 11.6 Å². The number of nitrogens with zero attached hydrogens (tertiary/aromatic N) is 1. The maximum Gasteiger partial charge on any atom is 0.444 e. The number of ether oxygens (including phenoxy) is 1. The molecular weight excluding hydrogens is 350 g/mol. The Kier molecular flexibility index (Phi) is 6.18. The lowest BCUT2D eigenvalue weighted by Gasteiger charge is -2.23. The summed E-state index contributed by atoms with van der Waals surface area (Å²) in [6.07, 6.45) is 4.33. The topological polar surface area (TPSA) is 38.8 Å². The number of unbranched alkanes of at least 4 members (excludes halogenated alkanes) is 1. The van der Waals surface area contributed by atoms with Crippen molar-refractivity contribution in [1.82, 2.24) is 5.06 Å². The van der Waals surface area contributed by atoms with Crippen LogP contribution in [-0.4, -0.2) is 11.2 Å². The van der Waals surface area contributed by atoms with Crippen molar-refractivity contribution in [2.75, 3.05) is 0 Å². The standard InChI is InChI=1S/C21H22ClNO3/c1-2-3-9-19-14-20(17-10-12-18(22)13-11-17)23(26-19)21(24)25-15-16-7-5-4-6-8-16/h4-8,10-14,20H,2-3,9,15H2,1H3. The normalized spacial score (nSPS) is 16.2. The van der Waals surface area contributed by atoms with Gasteiger partial charge in [-0.2, -0.15) is 0 Å². The van der Waals surface area contributed by atoms with Gasteiger partial charge in [-0.25, -0.2) is 4.79 Å². The molecule has 136 valence electrons. The summed E-state index contributed by atoms with van der Waals surface area (Å²) >= 11 is 5.98. The van der Waals surface area contributed by atoms with Gasteiger partial charge in [0.05, 0.1) is 0 Å². The number of rotatable bonds is 6. The summed E-state index contributed by atoms with van der Waals surface area (Å²) in [5, 5.41) is 1.96. The summed E-state index contributed by atoms with van der Waals surface area (Å²) in [5.41, 5.74) is 1.86. The molecule has 2 aromatic carbocycles. The van der Waals surface area contributed by atoms with E-state index in [1.165, 1.54) is 5.06 Å². The molecule has 1 heterocycles. The van der Waals surface area contributed by atoms with E-state index in [0.29, 0.717) is 5.02 Å². The Morgan fingerprint density at radius 2 is 1.88 bits per heavy atom. The Balaban J connectivity index is 1.72. The Morgan fingerprint density at radius 3 is 2.58 bits per heavy atom. The summed E-state index contributed by atoms with van der Waals surface area (Å²) in [6, 6.07) is 16.7. The first-order valence-corrected chi connectivity index (χ1v) is 9.19. The van der Waals surface area contributed by atoms with Gasteiger partial charge in [0.2, 0.25) is 0 Å². The summed E-state index contributed by atoms with van der Waals surface area (Å²) in [6.45, 7) is 2.33. The highest BCUT2D eigenvalue weighted by atomic mass is 35.5. The van der Waals surface area contributed by atoms with Crippen LogP contribution in [0.5, 0.6) is 0 Å². The lowest BCUT2D eigenvalue weighted by atomic mass is 10.1. The summed E-state index contributed by atoms with van der Waals surface area (Å²) < 4.78 is 5.44. The molecule has 0 saturated heterocycles. The molecule has 1 aliphatic rings. The van der Waals surface area contributed by atoms with E-state index >= 15 is 0 Å². The van der Waals surface area contributed by atoms with Crippen molar-refractivity contribution < 1.29 is 14.4 Å². The molecule has 0 N–H and O–H groups in total. The van der Waals surface area contributed by atoms with Crippen LogP contribution in [-0.2, 0) is 16.2 Å². The number of benzene rings is 2. The van der Waals surface area contributed by atoms with Gasteiger partial charge in [0.25, 0.3) is 0 Å². The Morgan fingerprint density at radius 1 is 1.15 bits per heavy atom. The average Bonchev–Trinajstić information content (AvgIpc) is 3.10. The monoisotopic (exact) mass is 371 g/mol. The number of carbonyl (C=O) groups excluding carboxylic acids is 1. The van der Waals surface area contributed by atoms with Crippen LogP contribution in [0.1, 0.15) is 43.4 Å². The van der Waals surface area contributed by atoms with E-state index in [1.807, 2.05) is 60.7 Å². The molecule has 0 fully saturated rings. The zero-order valence-corrected chi connectivity index (χ0v) is 15.5. The number of allylic oxidation sites excluding steroid dienone is 1. The molecule has 0 aromatic heterocycles. The minimum Gasteiger partial charge on any atom is -0.442 e. The van der Waals surface area contributed by atoms with E-state index in [4.69, 9.17) is 21.2 Å². The zero-order valence-electron chi connectivity index (χ0n) is 14.7. The third-order valence-electron chi connectivity index (χ3n) is 4.19. The number of hydrogen-bond donors (Lipinski definition) is 0. The van der Waals surface area contributed by atoms with Gasteiger partial charge in [0, 0.05) is 11.4 Å². The third kappa shape index (κ3) is 4.58. The fraction of sp³-hybridized carbons (Fsp3) is 0.286. The molecule has 0 radical (unpaired) electrons. The molecule has 26 heavy (non-hydrogen) atoms. The van der Waals surface area contributed by atoms with Gasteiger partial charge in [-0.15, -0.1) is 5.06 Å². The highest BCUT2D eigenvalue weighted by Gasteiger charge is 2.33. The van der Waals surface area contributed by atoms with Crippen LogP contribution in [0.15, 0.2) is 66.4 Å². The quantitative estimate of drug-likeness (QED) is 0.621. The second kappa shape index (κ2) is 8.77. The highest BCUT2D eigenvalue weighted by Crippen LogP contribution is 2.34. The van der Waals surface area contributed by atoms with Gasteiger partial charge in [0.1, 0.15) is 18.4 Å². The lowest BCUT2D eigenvalue weighted by molar-refractivity contribution is -0.102. The Hall–Kier alpha value is -2.46. The molecule has 3 rings (SSSR count). The van der Waals surface area contributed by atoms with Crippen LogP contribution < -0.4 is 0 Å². The van der Waals surface area contributed by atoms with E-state index in [-0.39, 0.29) is 12.6 Å². The predicted molar refractivity (Wildman–Crippen MR) is 101 cm³/mol. The number of hydroxylamine groups is 2. The van der Waals surface area contributed by atoms with Crippen molar-refractivity contribution in [2.45, 2.75) is 38.8 Å². The van der Waals surface area contributed by atoms with Crippen molar-refractivity contribution in [3.63, 3.8) is 0 Å². The van der Waals surface area contributed by atoms with Gasteiger partial charge in [-0.1, -0.05) is 67.4 Å². The van der Waals surface area contributed by atoms with Crippen molar-refractivity contribution >= 4 is 17.7 Å². The zero-order chi connectivity index (χ0) is 18.4. The predicted octanol–water partition coefficient (Wildman–Crippen LogP) is 6.04. The fourth-order valence-electron chi connectivity index (χ4n) is 2.76. The van der Waals surface area contributed by atoms with Gasteiger partial charge < -0.3 is 9.57 Å². The molecule has 5 heteroatoms. The fourth-order valence-corrected chi connectivity index (χ4v) is 2.89. The molecule has 4 nitrogen and oxygen atoms in total. The second-order valence-electron chi connectivity index (χ2n) is 6.19. The Labute approximate surface area is 158 Å². The van der Waals surface area contributed by atoms with Crippen LogP contribution in [0.4, 0.5) is 4.79 Å². The van der Waals surface area contributed by atoms with E-state index < -0.39 is 6.09 Å². The third-order valence-corrected chi connectivity index (χ3v) is 4.44. The summed E-state index contributed by atoms with van der Waals surface area (Å²) in [7, 11) is 0. The summed E-state index contributed by atoms with van der Waals surface area (Å²) in [4.78, 5) is 18.4. The molecule has 1 unspecified atom stereocenters. The van der Waals surface area contributed by atoms with Gasteiger partial charge >= 0.3 is 6.09 Å². The maximum absolute atomic E-state index is 12.6. The van der Waals surface area contributed by atoms with Gasteiger partial charge in [0.15, 0.2) is 0 Å². The smallest absolute Gasteiger partial charge is 0.442 e. The van der Waals surface area contributed by atoms with Crippen molar-refractivity contribution in [2.24, 2.45) is 0 Å². The molecule has 0 bridgehead atoms. The lowest BCUT2D eigenvalue weighted by Crippen LogP contribution is -2.30. The van der Waals surface area contributed by atoms with E-state index in [1.54, 1.807) is 0 Å². The molecule has 0 spiro atoms. The molecule has 1 atom stereocenters. The first-order valence-electron chi connectivity index (χ1n) is 8.81. The minimum absolute atomic E-state index is 0.206. The largest absolute Gasteiger partial charge is 0.444 e. The van der Waals surface area contributed by atoms with E-state index in [9.17, 15) is 4.79 Å². The molecule has 0 saturated carbocycles. The number of carbonyl (C=O) groups is 1. The Bertz CT molecular complexity index is 759. The molecule has 1 aliphatic heterocycles. The number of amides is 1. The molecule has 1 amide bonds. The first-order chi connectivity index (χ1) is 12.7. The van der Waals surface area contributed by atoms with Crippen LogP contribution in [0.3, 0.4) is 0 Å². The number of halogens is 1. The first kappa shape index (κ1) is 18.3. The number of hydrogen-bond acceptors (Lipinski definition) is 3. The van der Waals surface area contributed by atoms with Gasteiger partial charge in [-0.05, 0) is 35.8 Å². The van der Waals surface area contributed by atoms with Crippen LogP contribution in [0.25, 0.3) is 0 Å². The summed E-state index contributed by atoms with van der Waals surface area (Å²) in [5.74, 6) is 0.795. The van der Waals surface area contributed by atoms with Crippen LogP contribution in [0.2, 0.25) is 5.02 Å². The molecular formula is C21H22ClNO3. The minimum atomic E-state index is -0.503. The van der Waals surface area contributed by atoms with Crippen molar-refractivity contribution in [3.05, 3.63) is 82.6 Å². The average molecular weight is 372 g/mol. The van der Waals surface area contributed by atoms with Crippen molar-refractivity contribution in [1.29, 1.82) is 0 Å².